The Hall–Kier alpha value is -3.90. The van der Waals surface area contributed by atoms with Crippen LogP contribution in [0.25, 0.3) is 0 Å². The Morgan fingerprint density at radius 3 is 2.48 bits per heavy atom. The number of rotatable bonds is 6. The van der Waals surface area contributed by atoms with Gasteiger partial charge in [-0.25, -0.2) is 0 Å². The maximum absolute atomic E-state index is 12.7. The van der Waals surface area contributed by atoms with Gasteiger partial charge in [-0.05, 0) is 25.3 Å². The summed E-state index contributed by atoms with van der Waals surface area (Å²) in [7, 11) is 3.07. The van der Waals surface area contributed by atoms with Gasteiger partial charge in [-0.3, -0.25) is 44.9 Å². The number of nitrogens with zero attached hydrogens (tertiary/aromatic N) is 5. The monoisotopic (exact) mass is 432 g/mol. The van der Waals surface area contributed by atoms with Crippen molar-refractivity contribution in [3.8, 4) is 0 Å². The van der Waals surface area contributed by atoms with E-state index in [2.05, 4.69) is 10.5 Å². The zero-order chi connectivity index (χ0) is 22.9. The minimum absolute atomic E-state index is 0.0303. The number of anilines is 1. The third-order valence-corrected chi connectivity index (χ3v) is 5.37. The lowest BCUT2D eigenvalue weighted by Crippen LogP contribution is -2.40. The fourth-order valence-corrected chi connectivity index (χ4v) is 3.64. The number of likely N-dealkylation sites (tertiary alicyclic amines) is 1. The van der Waals surface area contributed by atoms with Crippen LogP contribution in [0.3, 0.4) is 0 Å². The molecule has 1 aromatic rings. The third-order valence-electron chi connectivity index (χ3n) is 5.37. The van der Waals surface area contributed by atoms with Crippen LogP contribution in [0.4, 0.5) is 17.1 Å². The van der Waals surface area contributed by atoms with Crippen LogP contribution < -0.4 is 5.43 Å². The molecule has 3 rings (SSSR count). The summed E-state index contributed by atoms with van der Waals surface area (Å²) in [6.07, 6.45) is 0.934. The van der Waals surface area contributed by atoms with Crippen LogP contribution in [-0.2, 0) is 14.4 Å². The Balaban J connectivity index is 1.74. The molecule has 1 aromatic carbocycles. The molecule has 3 amide bonds. The number of carbonyl (C=O) groups is 3. The average Bonchev–Trinajstić information content (AvgIpc) is 2.96. The second kappa shape index (κ2) is 8.45. The highest BCUT2D eigenvalue weighted by molar-refractivity contribution is 6.09. The Morgan fingerprint density at radius 1 is 1.19 bits per heavy atom. The number of nitro benzene ring substituents is 2. The summed E-state index contributed by atoms with van der Waals surface area (Å²) in [5.74, 6) is -2.32. The lowest BCUT2D eigenvalue weighted by molar-refractivity contribution is -0.393. The predicted octanol–water partition coefficient (Wildman–Crippen LogP) is 1.14. The molecule has 13 heteroatoms. The number of nitrogens with one attached hydrogen (secondary N) is 1. The molecule has 13 nitrogen and oxygen atoms in total. The highest BCUT2D eigenvalue weighted by atomic mass is 16.6. The van der Waals surface area contributed by atoms with Crippen molar-refractivity contribution in [2.45, 2.75) is 19.3 Å². The first-order valence-corrected chi connectivity index (χ1v) is 9.39. The van der Waals surface area contributed by atoms with Crippen molar-refractivity contribution in [3.05, 3.63) is 38.4 Å². The van der Waals surface area contributed by atoms with Crippen LogP contribution in [0.2, 0.25) is 0 Å². The van der Waals surface area contributed by atoms with E-state index in [9.17, 15) is 34.6 Å². The molecule has 1 aliphatic heterocycles. The van der Waals surface area contributed by atoms with Gasteiger partial charge < -0.3 is 4.90 Å². The molecule has 0 spiro atoms. The maximum Gasteiger partial charge on any atom is 0.301 e. The van der Waals surface area contributed by atoms with Gasteiger partial charge in [0.15, 0.2) is 0 Å². The number of hydrogen-bond acceptors (Lipinski definition) is 9. The molecule has 2 atom stereocenters. The van der Waals surface area contributed by atoms with E-state index >= 15 is 0 Å². The first-order valence-electron chi connectivity index (χ1n) is 9.39. The van der Waals surface area contributed by atoms with E-state index < -0.39 is 39.0 Å². The van der Waals surface area contributed by atoms with Gasteiger partial charge in [0, 0.05) is 25.9 Å². The molecule has 1 saturated carbocycles. The van der Waals surface area contributed by atoms with Gasteiger partial charge in [0.2, 0.25) is 17.7 Å². The van der Waals surface area contributed by atoms with Crippen molar-refractivity contribution < 1.29 is 24.2 Å². The number of fused-ring (bicyclic) bond motifs is 1. The van der Waals surface area contributed by atoms with Crippen molar-refractivity contribution in [3.63, 3.8) is 0 Å². The van der Waals surface area contributed by atoms with E-state index in [0.29, 0.717) is 18.6 Å². The molecule has 1 N–H and O–H groups in total. The fraction of sp³-hybridized carbons (Fsp3) is 0.444. The molecular formula is C18H20N6O7. The van der Waals surface area contributed by atoms with Crippen LogP contribution in [0.5, 0.6) is 0 Å². The molecule has 2 fully saturated rings. The van der Waals surface area contributed by atoms with Gasteiger partial charge in [0.25, 0.3) is 5.69 Å². The van der Waals surface area contributed by atoms with Crippen LogP contribution in [0.1, 0.15) is 19.3 Å². The number of amides is 3. The van der Waals surface area contributed by atoms with Crippen LogP contribution in [-0.4, -0.2) is 63.7 Å². The Labute approximate surface area is 176 Å². The minimum Gasteiger partial charge on any atom is -0.347 e. The second-order valence-electron chi connectivity index (χ2n) is 7.51. The van der Waals surface area contributed by atoms with Crippen molar-refractivity contribution in [2.24, 2.45) is 16.9 Å². The smallest absolute Gasteiger partial charge is 0.301 e. The van der Waals surface area contributed by atoms with Crippen molar-refractivity contribution in [1.82, 2.24) is 9.80 Å². The molecule has 1 heterocycles. The lowest BCUT2D eigenvalue weighted by atomic mass is 9.80. The molecule has 31 heavy (non-hydrogen) atoms. The van der Waals surface area contributed by atoms with Crippen LogP contribution >= 0.6 is 0 Å². The van der Waals surface area contributed by atoms with E-state index in [1.54, 1.807) is 0 Å². The fourth-order valence-electron chi connectivity index (χ4n) is 3.64. The third kappa shape index (κ3) is 4.34. The van der Waals surface area contributed by atoms with E-state index in [0.717, 1.165) is 17.0 Å². The predicted molar refractivity (Wildman–Crippen MR) is 107 cm³/mol. The highest BCUT2D eigenvalue weighted by Gasteiger charge is 2.50. The molecule has 0 bridgehead atoms. The highest BCUT2D eigenvalue weighted by Crippen LogP contribution is 2.37. The summed E-state index contributed by atoms with van der Waals surface area (Å²) in [5, 5.41) is 26.2. The molecule has 2 unspecified atom stereocenters. The number of likely N-dealkylation sites (N-methyl/N-ethyl adjacent to an activating group) is 1. The zero-order valence-corrected chi connectivity index (χ0v) is 16.8. The molecule has 164 valence electrons. The van der Waals surface area contributed by atoms with Gasteiger partial charge in [-0.15, -0.1) is 0 Å². The van der Waals surface area contributed by atoms with Gasteiger partial charge in [-0.2, -0.15) is 5.10 Å². The minimum atomic E-state index is -0.759. The number of nitro groups is 2. The molecule has 0 radical (unpaired) electrons. The number of benzene rings is 1. The quantitative estimate of drug-likeness (QED) is 0.396. The number of non-ortho nitro benzene ring substituents is 1. The van der Waals surface area contributed by atoms with Crippen LogP contribution in [0, 0.1) is 32.1 Å². The zero-order valence-electron chi connectivity index (χ0n) is 16.8. The lowest BCUT2D eigenvalue weighted by Gasteiger charge is -2.22. The standard InChI is InChI=1S/C18H20N6O7/c1-21(2)16(25)9-22-17(26)12-5-3-10(7-13(12)18(22)27)19-20-14-6-4-11(23(28)29)8-15(14)24(30)31/h4,6,8,12-13,20H,3,5,7,9H2,1-2H3/b19-10-. The average molecular weight is 432 g/mol. The van der Waals surface area contributed by atoms with E-state index in [-0.39, 0.29) is 30.5 Å². The largest absolute Gasteiger partial charge is 0.347 e. The Bertz CT molecular complexity index is 1010. The molecule has 1 saturated heterocycles. The summed E-state index contributed by atoms with van der Waals surface area (Å²) in [6, 6.07) is 3.13. The number of imide groups is 1. The van der Waals surface area contributed by atoms with Crippen molar-refractivity contribution in [1.29, 1.82) is 0 Å². The van der Waals surface area contributed by atoms with E-state index in [1.165, 1.54) is 25.1 Å². The summed E-state index contributed by atoms with van der Waals surface area (Å²) >= 11 is 0. The van der Waals surface area contributed by atoms with Gasteiger partial charge in [-0.1, -0.05) is 0 Å². The first-order chi connectivity index (χ1) is 14.6. The Kier molecular flexibility index (Phi) is 5.95. The van der Waals surface area contributed by atoms with Crippen molar-refractivity contribution >= 4 is 40.5 Å². The summed E-state index contributed by atoms with van der Waals surface area (Å²) < 4.78 is 0. The topological polar surface area (TPSA) is 168 Å². The SMILES string of the molecule is CN(C)C(=O)CN1C(=O)C2CC/C(=N/Nc3ccc([N+](=O)[O-])cc3[N+](=O)[O-])CC2C1=O. The second-order valence-corrected chi connectivity index (χ2v) is 7.51. The maximum atomic E-state index is 12.7. The number of carbonyl (C=O) groups excluding carboxylic acids is 3. The van der Waals surface area contributed by atoms with Gasteiger partial charge in [0.1, 0.15) is 12.2 Å². The van der Waals surface area contributed by atoms with E-state index in [4.69, 9.17) is 0 Å². The first kappa shape index (κ1) is 21.8. The summed E-state index contributed by atoms with van der Waals surface area (Å²) in [5.41, 5.74) is 2.13. The van der Waals surface area contributed by atoms with Gasteiger partial charge in [0.05, 0.1) is 27.7 Å². The summed E-state index contributed by atoms with van der Waals surface area (Å²) in [6.45, 7) is -0.308. The van der Waals surface area contributed by atoms with Gasteiger partial charge >= 0.3 is 5.69 Å². The van der Waals surface area contributed by atoms with Crippen LogP contribution in [0.15, 0.2) is 23.3 Å². The molecule has 1 aliphatic carbocycles. The molecule has 2 aliphatic rings. The number of hydrogen-bond donors (Lipinski definition) is 1. The van der Waals surface area contributed by atoms with E-state index in [1.807, 2.05) is 0 Å². The number of hydrazone groups is 1. The normalized spacial score (nSPS) is 21.7. The summed E-state index contributed by atoms with van der Waals surface area (Å²) in [4.78, 5) is 60.0. The molecule has 0 aromatic heterocycles. The Morgan fingerprint density at radius 2 is 1.87 bits per heavy atom. The molecular weight excluding hydrogens is 412 g/mol. The van der Waals surface area contributed by atoms with Crippen molar-refractivity contribution in [2.75, 3.05) is 26.1 Å².